The summed E-state index contributed by atoms with van der Waals surface area (Å²) >= 11 is 0. The molecule has 0 aromatic carbocycles. The third-order valence-electron chi connectivity index (χ3n) is 3.26. The second kappa shape index (κ2) is 5.14. The summed E-state index contributed by atoms with van der Waals surface area (Å²) in [5.74, 6) is 0.310. The summed E-state index contributed by atoms with van der Waals surface area (Å²) in [7, 11) is 0. The molecule has 0 aromatic heterocycles. The highest BCUT2D eigenvalue weighted by molar-refractivity contribution is 5.85. The molecular formula is C10H18ClNO3. The summed E-state index contributed by atoms with van der Waals surface area (Å²) in [6.45, 7) is 5.21. The molecule has 2 aliphatic rings. The van der Waals surface area contributed by atoms with Gasteiger partial charge in [-0.25, -0.2) is 0 Å². The van der Waals surface area contributed by atoms with E-state index in [-0.39, 0.29) is 18.4 Å². The van der Waals surface area contributed by atoms with Gasteiger partial charge in [-0.2, -0.15) is 0 Å². The predicted octanol–water partition coefficient (Wildman–Crippen LogP) is 0.597. The zero-order valence-corrected chi connectivity index (χ0v) is 9.77. The van der Waals surface area contributed by atoms with Gasteiger partial charge in [-0.1, -0.05) is 0 Å². The Hall–Kier alpha value is -0.320. The van der Waals surface area contributed by atoms with Crippen molar-refractivity contribution in [3.8, 4) is 0 Å². The summed E-state index contributed by atoms with van der Waals surface area (Å²) in [5.41, 5.74) is -0.395. The van der Waals surface area contributed by atoms with Crippen molar-refractivity contribution >= 4 is 18.4 Å². The normalized spacial score (nSPS) is 34.1. The zero-order valence-electron chi connectivity index (χ0n) is 8.95. The second-order valence-electron chi connectivity index (χ2n) is 4.05. The van der Waals surface area contributed by atoms with Crippen LogP contribution in [0.1, 0.15) is 13.3 Å². The molecule has 5 heteroatoms. The van der Waals surface area contributed by atoms with E-state index in [0.29, 0.717) is 25.7 Å². The average Bonchev–Trinajstić information content (AvgIpc) is 2.62. The first kappa shape index (κ1) is 12.7. The lowest BCUT2D eigenvalue weighted by molar-refractivity contribution is -0.165. The van der Waals surface area contributed by atoms with E-state index in [1.54, 1.807) is 0 Å². The van der Waals surface area contributed by atoms with Gasteiger partial charge >= 0.3 is 5.97 Å². The van der Waals surface area contributed by atoms with Crippen LogP contribution in [0, 0.1) is 11.3 Å². The van der Waals surface area contributed by atoms with Crippen LogP contribution in [0.25, 0.3) is 0 Å². The summed E-state index contributed by atoms with van der Waals surface area (Å²) < 4.78 is 10.5. The molecule has 0 spiro atoms. The van der Waals surface area contributed by atoms with Crippen LogP contribution in [-0.2, 0) is 14.3 Å². The van der Waals surface area contributed by atoms with Crippen molar-refractivity contribution in [2.75, 3.05) is 32.9 Å². The van der Waals surface area contributed by atoms with Crippen LogP contribution in [0.2, 0.25) is 0 Å². The van der Waals surface area contributed by atoms with Gasteiger partial charge in [-0.3, -0.25) is 4.79 Å². The molecule has 15 heavy (non-hydrogen) atoms. The van der Waals surface area contributed by atoms with Crippen LogP contribution in [0.3, 0.4) is 0 Å². The van der Waals surface area contributed by atoms with Crippen LogP contribution in [-0.4, -0.2) is 38.9 Å². The van der Waals surface area contributed by atoms with E-state index < -0.39 is 5.41 Å². The highest BCUT2D eigenvalue weighted by Gasteiger charge is 2.52. The number of ether oxygens (including phenoxy) is 2. The van der Waals surface area contributed by atoms with Crippen molar-refractivity contribution in [1.29, 1.82) is 0 Å². The van der Waals surface area contributed by atoms with Crippen molar-refractivity contribution in [2.45, 2.75) is 13.3 Å². The number of hydrogen-bond acceptors (Lipinski definition) is 4. The number of halogens is 1. The predicted molar refractivity (Wildman–Crippen MR) is 58.1 cm³/mol. The van der Waals surface area contributed by atoms with E-state index in [9.17, 15) is 4.79 Å². The second-order valence-corrected chi connectivity index (χ2v) is 4.05. The van der Waals surface area contributed by atoms with Gasteiger partial charge in [0.1, 0.15) is 5.41 Å². The molecule has 2 heterocycles. The molecule has 0 amide bonds. The maximum atomic E-state index is 11.9. The maximum absolute atomic E-state index is 11.9. The molecule has 2 unspecified atom stereocenters. The number of hydrogen-bond donors (Lipinski definition) is 1. The zero-order chi connectivity index (χ0) is 10.0. The standard InChI is InChI=1S/C10H17NO3.ClH/c1-2-14-9(12)10-6-11-5-8(10)3-4-13-7-10;/h8,11H,2-7H2,1H3;1H. The molecular weight excluding hydrogens is 218 g/mol. The Morgan fingerprint density at radius 3 is 3.20 bits per heavy atom. The maximum Gasteiger partial charge on any atom is 0.316 e. The molecule has 1 N–H and O–H groups in total. The smallest absolute Gasteiger partial charge is 0.316 e. The summed E-state index contributed by atoms with van der Waals surface area (Å²) in [6.07, 6.45) is 0.964. The van der Waals surface area contributed by atoms with Gasteiger partial charge in [0.15, 0.2) is 0 Å². The number of rotatable bonds is 2. The molecule has 0 aliphatic carbocycles. The third-order valence-corrected chi connectivity index (χ3v) is 3.26. The highest BCUT2D eigenvalue weighted by atomic mass is 35.5. The van der Waals surface area contributed by atoms with Gasteiger partial charge in [-0.15, -0.1) is 12.4 Å². The molecule has 2 rings (SSSR count). The van der Waals surface area contributed by atoms with E-state index in [1.807, 2.05) is 6.92 Å². The molecule has 2 aliphatic heterocycles. The minimum atomic E-state index is -0.395. The van der Waals surface area contributed by atoms with Gasteiger partial charge in [0.25, 0.3) is 0 Å². The fourth-order valence-electron chi connectivity index (χ4n) is 2.41. The lowest BCUT2D eigenvalue weighted by Gasteiger charge is -2.35. The van der Waals surface area contributed by atoms with E-state index in [4.69, 9.17) is 9.47 Å². The molecule has 88 valence electrons. The van der Waals surface area contributed by atoms with Crippen molar-refractivity contribution in [3.63, 3.8) is 0 Å². The van der Waals surface area contributed by atoms with Gasteiger partial charge < -0.3 is 14.8 Å². The first-order valence-electron chi connectivity index (χ1n) is 5.25. The Bertz CT molecular complexity index is 237. The molecule has 2 atom stereocenters. The van der Waals surface area contributed by atoms with Crippen molar-refractivity contribution in [2.24, 2.45) is 11.3 Å². The van der Waals surface area contributed by atoms with Crippen LogP contribution in [0.15, 0.2) is 0 Å². The Morgan fingerprint density at radius 1 is 1.67 bits per heavy atom. The van der Waals surface area contributed by atoms with Crippen molar-refractivity contribution in [3.05, 3.63) is 0 Å². The fraction of sp³-hybridized carbons (Fsp3) is 0.900. The number of fused-ring (bicyclic) bond motifs is 1. The molecule has 0 bridgehead atoms. The highest BCUT2D eigenvalue weighted by Crippen LogP contribution is 2.38. The minimum absolute atomic E-state index is 0. The third kappa shape index (κ3) is 2.12. The molecule has 0 radical (unpaired) electrons. The van der Waals surface area contributed by atoms with Crippen LogP contribution >= 0.6 is 12.4 Å². The molecule has 0 aromatic rings. The first-order chi connectivity index (χ1) is 6.79. The average molecular weight is 236 g/mol. The first-order valence-corrected chi connectivity index (χ1v) is 5.25. The number of carbonyl (C=O) groups excluding carboxylic acids is 1. The van der Waals surface area contributed by atoms with E-state index >= 15 is 0 Å². The molecule has 2 fully saturated rings. The quantitative estimate of drug-likeness (QED) is 0.712. The lowest BCUT2D eigenvalue weighted by atomic mass is 9.76. The van der Waals surface area contributed by atoms with Gasteiger partial charge in [-0.05, 0) is 25.8 Å². The minimum Gasteiger partial charge on any atom is -0.465 e. The van der Waals surface area contributed by atoms with Crippen LogP contribution < -0.4 is 5.32 Å². The van der Waals surface area contributed by atoms with Gasteiger partial charge in [0, 0.05) is 13.2 Å². The summed E-state index contributed by atoms with van der Waals surface area (Å²) in [4.78, 5) is 11.9. The number of esters is 1. The molecule has 4 nitrogen and oxygen atoms in total. The molecule has 0 saturated carbocycles. The Balaban J connectivity index is 0.00000112. The van der Waals surface area contributed by atoms with E-state index in [0.717, 1.165) is 19.6 Å². The lowest BCUT2D eigenvalue weighted by Crippen LogP contribution is -2.47. The Labute approximate surface area is 96.1 Å². The summed E-state index contributed by atoms with van der Waals surface area (Å²) in [5, 5.41) is 3.26. The Morgan fingerprint density at radius 2 is 2.47 bits per heavy atom. The van der Waals surface area contributed by atoms with Crippen molar-refractivity contribution < 1.29 is 14.3 Å². The van der Waals surface area contributed by atoms with Crippen LogP contribution in [0.5, 0.6) is 0 Å². The van der Waals surface area contributed by atoms with Crippen LogP contribution in [0.4, 0.5) is 0 Å². The van der Waals surface area contributed by atoms with E-state index in [2.05, 4.69) is 5.32 Å². The monoisotopic (exact) mass is 235 g/mol. The summed E-state index contributed by atoms with van der Waals surface area (Å²) in [6, 6.07) is 0. The number of nitrogens with one attached hydrogen (secondary N) is 1. The van der Waals surface area contributed by atoms with Gasteiger partial charge in [0.05, 0.1) is 13.2 Å². The van der Waals surface area contributed by atoms with E-state index in [1.165, 1.54) is 0 Å². The largest absolute Gasteiger partial charge is 0.465 e. The molecule has 2 saturated heterocycles. The SMILES string of the molecule is CCOC(=O)C12CNCC1CCOC2.Cl. The van der Waals surface area contributed by atoms with Gasteiger partial charge in [0.2, 0.25) is 0 Å². The Kier molecular flexibility index (Phi) is 4.37. The fourth-order valence-corrected chi connectivity index (χ4v) is 2.41. The topological polar surface area (TPSA) is 47.6 Å². The number of carbonyl (C=O) groups is 1. The van der Waals surface area contributed by atoms with Crippen molar-refractivity contribution in [1.82, 2.24) is 5.32 Å².